The van der Waals surface area contributed by atoms with Crippen LogP contribution >= 0.6 is 0 Å². The minimum absolute atomic E-state index is 0.0354. The van der Waals surface area contributed by atoms with E-state index in [1.165, 1.54) is 0 Å². The largest absolute Gasteiger partial charge is 0.497 e. The summed E-state index contributed by atoms with van der Waals surface area (Å²) in [5, 5.41) is 10.3. The number of aromatic nitrogens is 2. The van der Waals surface area contributed by atoms with E-state index in [0.29, 0.717) is 6.54 Å². The van der Waals surface area contributed by atoms with Crippen LogP contribution in [-0.2, 0) is 6.42 Å². The Labute approximate surface area is 165 Å². The number of hydrogen-bond acceptors (Lipinski definition) is 3. The Morgan fingerprint density at radius 3 is 2.57 bits per heavy atom. The number of nitrogens with one attached hydrogen (secondary N) is 2. The molecule has 3 rings (SSSR count). The third-order valence-electron chi connectivity index (χ3n) is 4.59. The number of benzene rings is 2. The van der Waals surface area contributed by atoms with Crippen molar-refractivity contribution >= 4 is 6.03 Å². The lowest BCUT2D eigenvalue weighted by molar-refractivity contribution is 0.237. The van der Waals surface area contributed by atoms with E-state index in [9.17, 15) is 4.79 Å². The number of urea groups is 1. The molecule has 0 fully saturated rings. The fourth-order valence-electron chi connectivity index (χ4n) is 3.00. The smallest absolute Gasteiger partial charge is 0.315 e. The van der Waals surface area contributed by atoms with Gasteiger partial charge in [-0.05, 0) is 48.2 Å². The first-order valence-corrected chi connectivity index (χ1v) is 9.47. The molecule has 0 aliphatic carbocycles. The number of carbonyl (C=O) groups is 1. The molecule has 1 atom stereocenters. The predicted molar refractivity (Wildman–Crippen MR) is 110 cm³/mol. The van der Waals surface area contributed by atoms with E-state index in [4.69, 9.17) is 4.74 Å². The molecule has 2 aromatic carbocycles. The van der Waals surface area contributed by atoms with Crippen LogP contribution in [0.25, 0.3) is 5.69 Å². The van der Waals surface area contributed by atoms with Gasteiger partial charge >= 0.3 is 6.03 Å². The fourth-order valence-corrected chi connectivity index (χ4v) is 3.00. The highest BCUT2D eigenvalue weighted by atomic mass is 16.5. The van der Waals surface area contributed by atoms with Crippen LogP contribution in [0.3, 0.4) is 0 Å². The van der Waals surface area contributed by atoms with E-state index in [1.54, 1.807) is 7.11 Å². The normalized spacial score (nSPS) is 11.6. The average molecular weight is 378 g/mol. The Hall–Kier alpha value is -3.28. The maximum Gasteiger partial charge on any atom is 0.315 e. The van der Waals surface area contributed by atoms with Crippen molar-refractivity contribution in [3.63, 3.8) is 0 Å². The van der Waals surface area contributed by atoms with Gasteiger partial charge in [0.25, 0.3) is 0 Å². The molecular formula is C22H26N4O2. The number of nitrogens with zero attached hydrogens (tertiary/aromatic N) is 2. The number of amides is 2. The lowest BCUT2D eigenvalue weighted by atomic mass is 10.0. The average Bonchev–Trinajstić information content (AvgIpc) is 3.22. The zero-order chi connectivity index (χ0) is 19.8. The van der Waals surface area contributed by atoms with Crippen molar-refractivity contribution in [2.24, 2.45) is 0 Å². The van der Waals surface area contributed by atoms with Crippen molar-refractivity contribution in [2.75, 3.05) is 13.7 Å². The summed E-state index contributed by atoms with van der Waals surface area (Å²) >= 11 is 0. The second kappa shape index (κ2) is 9.60. The van der Waals surface area contributed by atoms with Crippen molar-refractivity contribution in [3.8, 4) is 11.4 Å². The number of carbonyl (C=O) groups excluding carboxylic acids is 1. The first kappa shape index (κ1) is 19.5. The quantitative estimate of drug-likeness (QED) is 0.625. The lowest BCUT2D eigenvalue weighted by Crippen LogP contribution is -2.38. The van der Waals surface area contributed by atoms with E-state index < -0.39 is 0 Å². The van der Waals surface area contributed by atoms with Crippen molar-refractivity contribution < 1.29 is 9.53 Å². The molecule has 0 aliphatic rings. The van der Waals surface area contributed by atoms with E-state index in [1.807, 2.05) is 78.6 Å². The molecule has 0 bridgehead atoms. The van der Waals surface area contributed by atoms with Crippen LogP contribution in [0.4, 0.5) is 4.79 Å². The first-order chi connectivity index (χ1) is 13.7. The fraction of sp³-hybridized carbons (Fsp3) is 0.273. The summed E-state index contributed by atoms with van der Waals surface area (Å²) in [5.74, 6) is 0.805. The Kier molecular flexibility index (Phi) is 6.68. The van der Waals surface area contributed by atoms with Gasteiger partial charge in [0.1, 0.15) is 5.75 Å². The molecule has 0 unspecified atom stereocenters. The van der Waals surface area contributed by atoms with Gasteiger partial charge in [-0.2, -0.15) is 5.10 Å². The van der Waals surface area contributed by atoms with Gasteiger partial charge in [-0.3, -0.25) is 0 Å². The molecule has 6 heteroatoms. The molecule has 0 saturated carbocycles. The van der Waals surface area contributed by atoms with Crippen LogP contribution in [0.2, 0.25) is 0 Å². The van der Waals surface area contributed by atoms with Crippen molar-refractivity contribution in [1.82, 2.24) is 20.4 Å². The van der Waals surface area contributed by atoms with Gasteiger partial charge in [-0.1, -0.05) is 37.3 Å². The number of para-hydroxylation sites is 1. The lowest BCUT2D eigenvalue weighted by Gasteiger charge is -2.18. The minimum Gasteiger partial charge on any atom is -0.497 e. The Balaban J connectivity index is 1.48. The topological polar surface area (TPSA) is 68.2 Å². The molecule has 1 aromatic heterocycles. The minimum atomic E-state index is -0.168. The van der Waals surface area contributed by atoms with Crippen LogP contribution < -0.4 is 15.4 Å². The Bertz CT molecular complexity index is 875. The molecule has 3 aromatic rings. The Morgan fingerprint density at radius 2 is 1.89 bits per heavy atom. The Morgan fingerprint density at radius 1 is 1.14 bits per heavy atom. The number of rotatable bonds is 8. The standard InChI is InChI=1S/C22H26N4O2/c1-3-21(18-9-11-20(28-2)12-10-18)25-22(27)23-14-13-17-15-24-26(16-17)19-7-5-4-6-8-19/h4-12,15-16,21H,3,13-14H2,1-2H3,(H2,23,25,27)/t21-/m1/s1. The summed E-state index contributed by atoms with van der Waals surface area (Å²) in [4.78, 5) is 12.3. The van der Waals surface area contributed by atoms with Crippen molar-refractivity contribution in [1.29, 1.82) is 0 Å². The highest BCUT2D eigenvalue weighted by Gasteiger charge is 2.12. The summed E-state index contributed by atoms with van der Waals surface area (Å²) in [6.45, 7) is 2.60. The number of ether oxygens (including phenoxy) is 1. The van der Waals surface area contributed by atoms with Crippen LogP contribution in [0, 0.1) is 0 Å². The maximum atomic E-state index is 12.3. The van der Waals surface area contributed by atoms with Crippen LogP contribution in [-0.4, -0.2) is 29.5 Å². The summed E-state index contributed by atoms with van der Waals surface area (Å²) in [7, 11) is 1.64. The highest BCUT2D eigenvalue weighted by Crippen LogP contribution is 2.19. The molecular weight excluding hydrogens is 352 g/mol. The van der Waals surface area contributed by atoms with Gasteiger partial charge < -0.3 is 15.4 Å². The third-order valence-corrected chi connectivity index (χ3v) is 4.59. The van der Waals surface area contributed by atoms with Gasteiger partial charge in [0, 0.05) is 12.7 Å². The second-order valence-electron chi connectivity index (χ2n) is 6.51. The van der Waals surface area contributed by atoms with Crippen LogP contribution in [0.1, 0.15) is 30.5 Å². The predicted octanol–water partition coefficient (Wildman–Crippen LogP) is 3.87. The molecule has 28 heavy (non-hydrogen) atoms. The molecule has 0 spiro atoms. The van der Waals surface area contributed by atoms with Gasteiger partial charge in [-0.25, -0.2) is 9.48 Å². The van der Waals surface area contributed by atoms with Crippen LogP contribution in [0.5, 0.6) is 5.75 Å². The van der Waals surface area contributed by atoms with Crippen molar-refractivity contribution in [2.45, 2.75) is 25.8 Å². The van der Waals surface area contributed by atoms with Crippen LogP contribution in [0.15, 0.2) is 67.0 Å². The summed E-state index contributed by atoms with van der Waals surface area (Å²) in [6.07, 6.45) is 5.35. The SMILES string of the molecule is CC[C@@H](NC(=O)NCCc1cnn(-c2ccccc2)c1)c1ccc(OC)cc1. The summed E-state index contributed by atoms with van der Waals surface area (Å²) in [5.41, 5.74) is 3.15. The van der Waals surface area contributed by atoms with E-state index >= 15 is 0 Å². The molecule has 1 heterocycles. The van der Waals surface area contributed by atoms with E-state index in [0.717, 1.165) is 35.4 Å². The van der Waals surface area contributed by atoms with Crippen molar-refractivity contribution in [3.05, 3.63) is 78.1 Å². The molecule has 0 saturated heterocycles. The number of methoxy groups -OCH3 is 1. The summed E-state index contributed by atoms with van der Waals surface area (Å²) < 4.78 is 7.02. The highest BCUT2D eigenvalue weighted by molar-refractivity contribution is 5.74. The van der Waals surface area contributed by atoms with E-state index in [2.05, 4.69) is 15.7 Å². The summed E-state index contributed by atoms with van der Waals surface area (Å²) in [6, 6.07) is 17.5. The second-order valence-corrected chi connectivity index (χ2v) is 6.51. The zero-order valence-corrected chi connectivity index (χ0v) is 16.3. The van der Waals surface area contributed by atoms with Gasteiger partial charge in [0.15, 0.2) is 0 Å². The molecule has 2 amide bonds. The zero-order valence-electron chi connectivity index (χ0n) is 16.3. The molecule has 0 radical (unpaired) electrons. The molecule has 146 valence electrons. The first-order valence-electron chi connectivity index (χ1n) is 9.47. The van der Waals surface area contributed by atoms with E-state index in [-0.39, 0.29) is 12.1 Å². The maximum absolute atomic E-state index is 12.3. The van der Waals surface area contributed by atoms with Gasteiger partial charge in [0.05, 0.1) is 25.0 Å². The monoisotopic (exact) mass is 378 g/mol. The van der Waals surface area contributed by atoms with Gasteiger partial charge in [0.2, 0.25) is 0 Å². The number of hydrogen-bond donors (Lipinski definition) is 2. The molecule has 2 N–H and O–H groups in total. The van der Waals surface area contributed by atoms with Gasteiger partial charge in [-0.15, -0.1) is 0 Å². The third kappa shape index (κ3) is 5.13. The molecule has 0 aliphatic heterocycles. The molecule has 6 nitrogen and oxygen atoms in total.